The molecule has 1 N–H and O–H groups in total. The number of hydrogen-bond acceptors (Lipinski definition) is 3. The molecule has 94 valence electrons. The lowest BCUT2D eigenvalue weighted by Crippen LogP contribution is -1.97. The third kappa shape index (κ3) is 3.20. The Hall–Kier alpha value is -1.61. The summed E-state index contributed by atoms with van der Waals surface area (Å²) < 4.78 is 0. The van der Waals surface area contributed by atoms with Crippen LogP contribution in [0.25, 0.3) is 0 Å². The summed E-state index contributed by atoms with van der Waals surface area (Å²) in [6.07, 6.45) is 4.31. The van der Waals surface area contributed by atoms with Gasteiger partial charge in [0.2, 0.25) is 0 Å². The third-order valence-electron chi connectivity index (χ3n) is 2.85. The second kappa shape index (κ2) is 5.83. The highest BCUT2D eigenvalue weighted by Crippen LogP contribution is 2.18. The van der Waals surface area contributed by atoms with Gasteiger partial charge >= 0.3 is 0 Å². The maximum absolute atomic E-state index is 9.19. The Morgan fingerprint density at radius 3 is 2.56 bits per heavy atom. The average molecular weight is 263 g/mol. The van der Waals surface area contributed by atoms with Crippen molar-refractivity contribution in [3.05, 3.63) is 52.6 Å². The number of halogens is 1. The van der Waals surface area contributed by atoms with Crippen LogP contribution < -0.4 is 0 Å². The van der Waals surface area contributed by atoms with Crippen LogP contribution in [-0.4, -0.2) is 15.1 Å². The summed E-state index contributed by atoms with van der Waals surface area (Å²) in [4.78, 5) is 8.25. The molecular weight excluding hydrogens is 248 g/mol. The molecule has 2 aromatic rings. The van der Waals surface area contributed by atoms with Crippen LogP contribution in [0.1, 0.15) is 23.4 Å². The lowest BCUT2D eigenvalue weighted by Gasteiger charge is -2.05. The molecule has 0 fully saturated rings. The van der Waals surface area contributed by atoms with Gasteiger partial charge < -0.3 is 5.11 Å². The quantitative estimate of drug-likeness (QED) is 0.919. The van der Waals surface area contributed by atoms with Crippen molar-refractivity contribution in [2.45, 2.75) is 26.2 Å². The fraction of sp³-hybridized carbons (Fsp3) is 0.286. The summed E-state index contributed by atoms with van der Waals surface area (Å²) in [5.41, 5.74) is 2.93. The Balaban J connectivity index is 1.92. The SMILES string of the molecule is Cc1ncnc(CCCc2ccc(O)cc2)c1Cl. The zero-order valence-corrected chi connectivity index (χ0v) is 11.0. The Kier molecular flexibility index (Phi) is 4.15. The lowest BCUT2D eigenvalue weighted by molar-refractivity contribution is 0.475. The van der Waals surface area contributed by atoms with Gasteiger partial charge in [-0.15, -0.1) is 0 Å². The molecule has 0 radical (unpaired) electrons. The number of rotatable bonds is 4. The number of benzene rings is 1. The van der Waals surface area contributed by atoms with E-state index < -0.39 is 0 Å². The van der Waals surface area contributed by atoms with Crippen LogP contribution in [0.15, 0.2) is 30.6 Å². The number of aromatic hydroxyl groups is 1. The first-order chi connectivity index (χ1) is 8.66. The minimum atomic E-state index is 0.299. The first kappa shape index (κ1) is 12.8. The van der Waals surface area contributed by atoms with Crippen molar-refractivity contribution in [1.82, 2.24) is 9.97 Å². The van der Waals surface area contributed by atoms with E-state index in [1.807, 2.05) is 19.1 Å². The minimum absolute atomic E-state index is 0.299. The lowest BCUT2D eigenvalue weighted by atomic mass is 10.1. The Morgan fingerprint density at radius 2 is 1.83 bits per heavy atom. The second-order valence-corrected chi connectivity index (χ2v) is 4.62. The monoisotopic (exact) mass is 262 g/mol. The van der Waals surface area contributed by atoms with Gasteiger partial charge in [0.05, 0.1) is 16.4 Å². The van der Waals surface area contributed by atoms with E-state index in [9.17, 15) is 5.11 Å². The van der Waals surface area contributed by atoms with Crippen LogP contribution in [-0.2, 0) is 12.8 Å². The molecule has 0 atom stereocenters. The Morgan fingerprint density at radius 1 is 1.11 bits per heavy atom. The highest BCUT2D eigenvalue weighted by atomic mass is 35.5. The first-order valence-electron chi connectivity index (χ1n) is 5.90. The molecule has 0 aliphatic heterocycles. The zero-order chi connectivity index (χ0) is 13.0. The van der Waals surface area contributed by atoms with E-state index in [0.717, 1.165) is 30.7 Å². The molecule has 1 aromatic carbocycles. The van der Waals surface area contributed by atoms with Crippen molar-refractivity contribution in [2.24, 2.45) is 0 Å². The zero-order valence-electron chi connectivity index (χ0n) is 10.2. The van der Waals surface area contributed by atoms with Crippen LogP contribution in [0.3, 0.4) is 0 Å². The normalized spacial score (nSPS) is 10.6. The molecular formula is C14H15ClN2O. The van der Waals surface area contributed by atoms with E-state index in [4.69, 9.17) is 11.6 Å². The third-order valence-corrected chi connectivity index (χ3v) is 3.34. The number of phenolic OH excluding ortho intramolecular Hbond substituents is 1. The molecule has 0 unspecified atom stereocenters. The van der Waals surface area contributed by atoms with E-state index in [-0.39, 0.29) is 0 Å². The highest BCUT2D eigenvalue weighted by Gasteiger charge is 2.05. The van der Waals surface area contributed by atoms with E-state index in [1.54, 1.807) is 18.5 Å². The molecule has 0 bridgehead atoms. The molecule has 0 aliphatic carbocycles. The van der Waals surface area contributed by atoms with Gasteiger partial charge in [0, 0.05) is 0 Å². The summed E-state index contributed by atoms with van der Waals surface area (Å²) in [7, 11) is 0. The molecule has 2 rings (SSSR count). The smallest absolute Gasteiger partial charge is 0.116 e. The summed E-state index contributed by atoms with van der Waals surface area (Å²) in [6.45, 7) is 1.88. The molecule has 4 heteroatoms. The van der Waals surface area contributed by atoms with Crippen LogP contribution in [0.2, 0.25) is 5.02 Å². The molecule has 0 saturated carbocycles. The predicted molar refractivity (Wildman–Crippen MR) is 71.9 cm³/mol. The molecule has 0 spiro atoms. The topological polar surface area (TPSA) is 46.0 Å². The number of hydrogen-bond donors (Lipinski definition) is 1. The number of aryl methyl sites for hydroxylation is 3. The van der Waals surface area contributed by atoms with Crippen molar-refractivity contribution in [2.75, 3.05) is 0 Å². The minimum Gasteiger partial charge on any atom is -0.508 e. The van der Waals surface area contributed by atoms with Gasteiger partial charge in [0.25, 0.3) is 0 Å². The fourth-order valence-corrected chi connectivity index (χ4v) is 2.00. The van der Waals surface area contributed by atoms with E-state index >= 15 is 0 Å². The fourth-order valence-electron chi connectivity index (χ4n) is 1.80. The van der Waals surface area contributed by atoms with Crippen molar-refractivity contribution in [3.8, 4) is 5.75 Å². The first-order valence-corrected chi connectivity index (χ1v) is 6.28. The average Bonchev–Trinajstić information content (AvgIpc) is 2.37. The molecule has 18 heavy (non-hydrogen) atoms. The molecule has 0 aliphatic rings. The maximum Gasteiger partial charge on any atom is 0.116 e. The number of aromatic nitrogens is 2. The number of phenols is 1. The van der Waals surface area contributed by atoms with Gasteiger partial charge in [0.15, 0.2) is 0 Å². The van der Waals surface area contributed by atoms with Gasteiger partial charge in [-0.25, -0.2) is 9.97 Å². The standard InChI is InChI=1S/C14H15ClN2O/c1-10-14(15)13(17-9-16-10)4-2-3-11-5-7-12(18)8-6-11/h5-9,18H,2-4H2,1H3. The van der Waals surface area contributed by atoms with E-state index in [2.05, 4.69) is 9.97 Å². The second-order valence-electron chi connectivity index (χ2n) is 4.24. The highest BCUT2D eigenvalue weighted by molar-refractivity contribution is 6.31. The van der Waals surface area contributed by atoms with Gasteiger partial charge in [-0.1, -0.05) is 23.7 Å². The van der Waals surface area contributed by atoms with Gasteiger partial charge in [-0.05, 0) is 43.9 Å². The largest absolute Gasteiger partial charge is 0.508 e. The molecule has 3 nitrogen and oxygen atoms in total. The molecule has 1 heterocycles. The van der Waals surface area contributed by atoms with Crippen molar-refractivity contribution in [3.63, 3.8) is 0 Å². The summed E-state index contributed by atoms with van der Waals surface area (Å²) in [5, 5.41) is 9.86. The summed E-state index contributed by atoms with van der Waals surface area (Å²) in [5.74, 6) is 0.299. The summed E-state index contributed by atoms with van der Waals surface area (Å²) >= 11 is 6.14. The molecule has 0 amide bonds. The van der Waals surface area contributed by atoms with Crippen molar-refractivity contribution in [1.29, 1.82) is 0 Å². The predicted octanol–water partition coefficient (Wildman–Crippen LogP) is 3.32. The van der Waals surface area contributed by atoms with E-state index in [1.165, 1.54) is 5.56 Å². The van der Waals surface area contributed by atoms with Crippen LogP contribution in [0.5, 0.6) is 5.75 Å². The summed E-state index contributed by atoms with van der Waals surface area (Å²) in [6, 6.07) is 7.28. The van der Waals surface area contributed by atoms with Crippen LogP contribution in [0.4, 0.5) is 0 Å². The Bertz CT molecular complexity index is 526. The Labute approximate surface area is 111 Å². The van der Waals surface area contributed by atoms with Crippen molar-refractivity contribution >= 4 is 11.6 Å². The van der Waals surface area contributed by atoms with Gasteiger partial charge in [0.1, 0.15) is 12.1 Å². The maximum atomic E-state index is 9.19. The molecule has 0 saturated heterocycles. The van der Waals surface area contributed by atoms with Gasteiger partial charge in [-0.2, -0.15) is 0 Å². The van der Waals surface area contributed by atoms with Crippen LogP contribution >= 0.6 is 11.6 Å². The number of nitrogens with zero attached hydrogens (tertiary/aromatic N) is 2. The van der Waals surface area contributed by atoms with E-state index in [0.29, 0.717) is 10.8 Å². The van der Waals surface area contributed by atoms with Gasteiger partial charge in [-0.3, -0.25) is 0 Å². The van der Waals surface area contributed by atoms with Crippen molar-refractivity contribution < 1.29 is 5.11 Å². The molecule has 1 aromatic heterocycles. The van der Waals surface area contributed by atoms with Crippen LogP contribution in [0, 0.1) is 6.92 Å².